The molecule has 0 aromatic heterocycles. The number of benzene rings is 1. The van der Waals surface area contributed by atoms with Crippen molar-refractivity contribution in [2.75, 3.05) is 0 Å². The maximum absolute atomic E-state index is 12.0. The molecule has 0 aliphatic heterocycles. The second-order valence-electron chi connectivity index (χ2n) is 5.07. The second kappa shape index (κ2) is 7.48. The number of ether oxygens (including phenoxy) is 1. The summed E-state index contributed by atoms with van der Waals surface area (Å²) >= 11 is 0. The van der Waals surface area contributed by atoms with Crippen molar-refractivity contribution in [3.63, 3.8) is 0 Å². The highest BCUT2D eigenvalue weighted by Crippen LogP contribution is 2.40. The number of allylic oxidation sites excluding steroid dienone is 1. The number of hydrogen-bond donors (Lipinski definition) is 0. The number of hydrogen-bond acceptors (Lipinski definition) is 6. The number of carbonyl (C=O) groups excluding carboxylic acids is 1. The maximum Gasteiger partial charge on any atom is 0.339 e. The van der Waals surface area contributed by atoms with Gasteiger partial charge in [0.15, 0.2) is 0 Å². The summed E-state index contributed by atoms with van der Waals surface area (Å²) < 4.78 is 5.18. The summed E-state index contributed by atoms with van der Waals surface area (Å²) in [6.45, 7) is 6.74. The quantitative estimate of drug-likeness (QED) is 0.258. The van der Waals surface area contributed by atoms with Crippen molar-refractivity contribution in [2.45, 2.75) is 40.0 Å². The number of non-ortho nitro benzene ring substituents is 1. The van der Waals surface area contributed by atoms with Crippen molar-refractivity contribution in [1.29, 1.82) is 0 Å². The summed E-state index contributed by atoms with van der Waals surface area (Å²) in [5, 5.41) is 22.3. The van der Waals surface area contributed by atoms with Crippen LogP contribution in [0.15, 0.2) is 23.8 Å². The Bertz CT molecular complexity index is 681. The van der Waals surface area contributed by atoms with Gasteiger partial charge in [0.25, 0.3) is 5.69 Å². The molecule has 8 heteroatoms. The fraction of sp³-hybridized carbons (Fsp3) is 0.400. The number of nitro groups is 2. The number of nitrogens with zero attached hydrogens (tertiary/aromatic N) is 2. The van der Waals surface area contributed by atoms with Gasteiger partial charge in [0, 0.05) is 17.2 Å². The molecule has 1 unspecified atom stereocenters. The van der Waals surface area contributed by atoms with E-state index in [1.54, 1.807) is 13.8 Å². The molecule has 0 aliphatic rings. The molecule has 1 aromatic carbocycles. The standard InChI is InChI=1S/C15H18N2O6/c1-5-9(3)12-7-11(16(19)20)8-13(17(21)22)14(12)23-15(18)10(4)6-2/h6-9H,5H2,1-4H3. The zero-order valence-electron chi connectivity index (χ0n) is 13.4. The van der Waals surface area contributed by atoms with Gasteiger partial charge in [-0.25, -0.2) is 4.79 Å². The van der Waals surface area contributed by atoms with E-state index >= 15 is 0 Å². The van der Waals surface area contributed by atoms with Crippen LogP contribution in [0.25, 0.3) is 0 Å². The minimum absolute atomic E-state index is 0.235. The first-order chi connectivity index (χ1) is 10.7. The van der Waals surface area contributed by atoms with Crippen molar-refractivity contribution in [3.8, 4) is 5.75 Å². The Morgan fingerprint density at radius 2 is 1.91 bits per heavy atom. The molecule has 0 bridgehead atoms. The van der Waals surface area contributed by atoms with Gasteiger partial charge < -0.3 is 4.74 Å². The van der Waals surface area contributed by atoms with Crippen LogP contribution in [0, 0.1) is 20.2 Å². The first-order valence-electron chi connectivity index (χ1n) is 7.04. The normalized spacial score (nSPS) is 12.6. The van der Waals surface area contributed by atoms with Crippen LogP contribution in [0.5, 0.6) is 5.75 Å². The SMILES string of the molecule is CC=C(C)C(=O)Oc1c(C(C)CC)cc([N+](=O)[O-])cc1[N+](=O)[O-]. The highest BCUT2D eigenvalue weighted by atomic mass is 16.6. The molecule has 0 aliphatic carbocycles. The lowest BCUT2D eigenvalue weighted by molar-refractivity contribution is -0.394. The van der Waals surface area contributed by atoms with Crippen LogP contribution in [0.2, 0.25) is 0 Å². The molecule has 1 atom stereocenters. The minimum Gasteiger partial charge on any atom is -0.415 e. The summed E-state index contributed by atoms with van der Waals surface area (Å²) in [7, 11) is 0. The van der Waals surface area contributed by atoms with Crippen molar-refractivity contribution in [3.05, 3.63) is 49.6 Å². The Morgan fingerprint density at radius 1 is 1.30 bits per heavy atom. The van der Waals surface area contributed by atoms with Gasteiger partial charge in [-0.15, -0.1) is 0 Å². The van der Waals surface area contributed by atoms with E-state index in [0.29, 0.717) is 6.42 Å². The Balaban J connectivity index is 3.59. The highest BCUT2D eigenvalue weighted by Gasteiger charge is 2.29. The third kappa shape index (κ3) is 4.12. The van der Waals surface area contributed by atoms with Crippen LogP contribution in [0.4, 0.5) is 11.4 Å². The number of carbonyl (C=O) groups is 1. The van der Waals surface area contributed by atoms with Gasteiger partial charge in [0.2, 0.25) is 5.75 Å². The van der Waals surface area contributed by atoms with Crippen molar-refractivity contribution in [1.82, 2.24) is 0 Å². The largest absolute Gasteiger partial charge is 0.415 e. The van der Waals surface area contributed by atoms with E-state index in [2.05, 4.69) is 0 Å². The van der Waals surface area contributed by atoms with E-state index in [1.807, 2.05) is 6.92 Å². The zero-order chi connectivity index (χ0) is 17.7. The summed E-state index contributed by atoms with van der Waals surface area (Å²) in [6.07, 6.45) is 2.09. The Morgan fingerprint density at radius 3 is 2.35 bits per heavy atom. The van der Waals surface area contributed by atoms with Gasteiger partial charge in [-0.2, -0.15) is 0 Å². The summed E-state index contributed by atoms with van der Waals surface area (Å²) in [5.74, 6) is -1.21. The van der Waals surface area contributed by atoms with Crippen LogP contribution in [0.3, 0.4) is 0 Å². The van der Waals surface area contributed by atoms with E-state index in [9.17, 15) is 25.0 Å². The molecule has 0 saturated carbocycles. The topological polar surface area (TPSA) is 113 Å². The zero-order valence-corrected chi connectivity index (χ0v) is 13.4. The Labute approximate surface area is 133 Å². The number of rotatable bonds is 6. The third-order valence-electron chi connectivity index (χ3n) is 3.58. The molecule has 8 nitrogen and oxygen atoms in total. The minimum atomic E-state index is -0.785. The first-order valence-corrected chi connectivity index (χ1v) is 7.04. The molecule has 1 rings (SSSR count). The van der Waals surface area contributed by atoms with Gasteiger partial charge in [0.1, 0.15) is 0 Å². The molecule has 0 fully saturated rings. The van der Waals surface area contributed by atoms with Crippen LogP contribution in [-0.4, -0.2) is 15.8 Å². The molecule has 0 N–H and O–H groups in total. The Hall–Kier alpha value is -2.77. The third-order valence-corrected chi connectivity index (χ3v) is 3.58. The van der Waals surface area contributed by atoms with Crippen molar-refractivity contribution in [2.24, 2.45) is 0 Å². The van der Waals surface area contributed by atoms with Crippen molar-refractivity contribution >= 4 is 17.3 Å². The lowest BCUT2D eigenvalue weighted by Crippen LogP contribution is -2.13. The number of esters is 1. The van der Waals surface area contributed by atoms with E-state index in [-0.39, 0.29) is 22.8 Å². The monoisotopic (exact) mass is 322 g/mol. The molecular formula is C15H18N2O6. The predicted octanol–water partition coefficient (Wildman–Crippen LogP) is 3.89. The first kappa shape index (κ1) is 18.3. The van der Waals surface area contributed by atoms with Gasteiger partial charge in [-0.1, -0.05) is 19.9 Å². The molecule has 124 valence electrons. The number of nitro benzene ring substituents is 2. The van der Waals surface area contributed by atoms with Gasteiger partial charge >= 0.3 is 11.7 Å². The molecule has 0 amide bonds. The van der Waals surface area contributed by atoms with E-state index in [1.165, 1.54) is 19.1 Å². The summed E-state index contributed by atoms with van der Waals surface area (Å²) in [4.78, 5) is 32.7. The molecule has 0 radical (unpaired) electrons. The lowest BCUT2D eigenvalue weighted by atomic mass is 9.96. The van der Waals surface area contributed by atoms with Gasteiger partial charge in [-0.05, 0) is 26.2 Å². The van der Waals surface area contributed by atoms with E-state index in [4.69, 9.17) is 4.74 Å². The summed E-state index contributed by atoms with van der Waals surface area (Å²) in [5.41, 5.74) is -0.445. The smallest absolute Gasteiger partial charge is 0.339 e. The summed E-state index contributed by atoms with van der Waals surface area (Å²) in [6, 6.07) is 2.02. The molecule has 0 spiro atoms. The van der Waals surface area contributed by atoms with Crippen molar-refractivity contribution < 1.29 is 19.4 Å². The fourth-order valence-corrected chi connectivity index (χ4v) is 1.85. The maximum atomic E-state index is 12.0. The molecule has 0 heterocycles. The highest BCUT2D eigenvalue weighted by molar-refractivity contribution is 5.90. The molecular weight excluding hydrogens is 304 g/mol. The predicted molar refractivity (Wildman–Crippen MR) is 83.5 cm³/mol. The van der Waals surface area contributed by atoms with Crippen LogP contribution < -0.4 is 4.74 Å². The molecule has 23 heavy (non-hydrogen) atoms. The van der Waals surface area contributed by atoms with E-state index in [0.717, 1.165) is 6.07 Å². The average Bonchev–Trinajstić information content (AvgIpc) is 2.52. The van der Waals surface area contributed by atoms with Crippen LogP contribution >= 0.6 is 0 Å². The fourth-order valence-electron chi connectivity index (χ4n) is 1.85. The lowest BCUT2D eigenvalue weighted by Gasteiger charge is -2.15. The molecule has 1 aromatic rings. The van der Waals surface area contributed by atoms with Crippen LogP contribution in [-0.2, 0) is 4.79 Å². The van der Waals surface area contributed by atoms with E-state index < -0.39 is 27.2 Å². The average molecular weight is 322 g/mol. The van der Waals surface area contributed by atoms with Gasteiger partial charge in [-0.3, -0.25) is 20.2 Å². The molecule has 0 saturated heterocycles. The van der Waals surface area contributed by atoms with Gasteiger partial charge in [0.05, 0.1) is 15.9 Å². The second-order valence-corrected chi connectivity index (χ2v) is 5.07. The van der Waals surface area contributed by atoms with Crippen LogP contribution in [0.1, 0.15) is 45.6 Å². The Kier molecular flexibility index (Phi) is 5.94.